The summed E-state index contributed by atoms with van der Waals surface area (Å²) in [5.41, 5.74) is 0.837. The predicted octanol–water partition coefficient (Wildman–Crippen LogP) is 2.35. The van der Waals surface area contributed by atoms with Gasteiger partial charge in [-0.15, -0.1) is 0 Å². The lowest BCUT2D eigenvalue weighted by atomic mass is 10.2. The largest absolute Gasteiger partial charge is 0.493 e. The van der Waals surface area contributed by atoms with Gasteiger partial charge in [0.25, 0.3) is 0 Å². The monoisotopic (exact) mass is 241 g/mol. The van der Waals surface area contributed by atoms with Crippen LogP contribution in [0.4, 0.5) is 4.39 Å². The first-order valence-electron chi connectivity index (χ1n) is 5.91. The molecule has 0 saturated heterocycles. The van der Waals surface area contributed by atoms with Gasteiger partial charge in [0.15, 0.2) is 0 Å². The second-order valence-corrected chi connectivity index (χ2v) is 3.68. The van der Waals surface area contributed by atoms with Crippen molar-refractivity contribution in [1.29, 1.82) is 0 Å². The minimum atomic E-state index is -0.239. The number of hydrogen-bond acceptors (Lipinski definition) is 3. The Hall–Kier alpha value is -1.13. The Balaban J connectivity index is 2.45. The van der Waals surface area contributed by atoms with Crippen LogP contribution < -0.4 is 10.1 Å². The van der Waals surface area contributed by atoms with E-state index < -0.39 is 0 Å². The van der Waals surface area contributed by atoms with E-state index in [0.717, 1.165) is 24.3 Å². The molecule has 0 aliphatic rings. The molecule has 17 heavy (non-hydrogen) atoms. The Kier molecular flexibility index (Phi) is 6.58. The predicted molar refractivity (Wildman–Crippen MR) is 65.8 cm³/mol. The van der Waals surface area contributed by atoms with E-state index in [9.17, 15) is 4.39 Å². The molecule has 96 valence electrons. The molecule has 0 amide bonds. The van der Waals surface area contributed by atoms with Crippen LogP contribution in [0.1, 0.15) is 18.9 Å². The van der Waals surface area contributed by atoms with Crippen LogP contribution in [0.3, 0.4) is 0 Å². The Morgan fingerprint density at radius 3 is 2.82 bits per heavy atom. The van der Waals surface area contributed by atoms with Gasteiger partial charge in [0, 0.05) is 31.7 Å². The molecule has 0 atom stereocenters. The van der Waals surface area contributed by atoms with Crippen molar-refractivity contribution in [2.24, 2.45) is 0 Å². The average Bonchev–Trinajstić information content (AvgIpc) is 2.32. The second kappa shape index (κ2) is 8.03. The number of nitrogens with one attached hydrogen (secondary N) is 1. The number of hydrogen-bond donors (Lipinski definition) is 1. The molecule has 0 bridgehead atoms. The van der Waals surface area contributed by atoms with Crippen molar-refractivity contribution < 1.29 is 13.9 Å². The molecular formula is C13H20FNO2. The van der Waals surface area contributed by atoms with Crippen LogP contribution in [0.25, 0.3) is 0 Å². The van der Waals surface area contributed by atoms with Gasteiger partial charge < -0.3 is 14.8 Å². The summed E-state index contributed by atoms with van der Waals surface area (Å²) in [4.78, 5) is 0. The molecule has 1 aromatic carbocycles. The molecule has 0 fully saturated rings. The molecule has 0 aliphatic heterocycles. The first-order chi connectivity index (χ1) is 8.27. The SMILES string of the molecule is CCOCCCOc1ccc(F)cc1CNC. The Labute approximate surface area is 102 Å². The molecule has 0 spiro atoms. The van der Waals surface area contributed by atoms with E-state index in [-0.39, 0.29) is 5.82 Å². The van der Waals surface area contributed by atoms with E-state index in [1.165, 1.54) is 12.1 Å². The molecule has 0 saturated carbocycles. The standard InChI is InChI=1S/C13H20FNO2/c1-3-16-7-4-8-17-13-6-5-12(14)9-11(13)10-15-2/h5-6,9,15H,3-4,7-8,10H2,1-2H3. The van der Waals surface area contributed by atoms with Gasteiger partial charge in [-0.2, -0.15) is 0 Å². The number of benzene rings is 1. The molecule has 0 aliphatic carbocycles. The summed E-state index contributed by atoms with van der Waals surface area (Å²) in [5.74, 6) is 0.495. The zero-order chi connectivity index (χ0) is 12.5. The molecule has 0 aromatic heterocycles. The zero-order valence-corrected chi connectivity index (χ0v) is 10.5. The van der Waals surface area contributed by atoms with Crippen LogP contribution in [-0.4, -0.2) is 26.9 Å². The lowest BCUT2D eigenvalue weighted by Gasteiger charge is -2.11. The Morgan fingerprint density at radius 2 is 2.12 bits per heavy atom. The summed E-state index contributed by atoms with van der Waals surface area (Å²) in [6, 6.07) is 4.58. The van der Waals surface area contributed by atoms with Crippen LogP contribution in [0.15, 0.2) is 18.2 Å². The summed E-state index contributed by atoms with van der Waals surface area (Å²) in [6.45, 7) is 4.56. The smallest absolute Gasteiger partial charge is 0.123 e. The number of halogens is 1. The van der Waals surface area contributed by atoms with Crippen molar-refractivity contribution in [2.75, 3.05) is 26.9 Å². The third-order valence-corrected chi connectivity index (χ3v) is 2.28. The topological polar surface area (TPSA) is 30.5 Å². The van der Waals surface area contributed by atoms with Crippen LogP contribution >= 0.6 is 0 Å². The fourth-order valence-electron chi connectivity index (χ4n) is 1.50. The molecule has 0 heterocycles. The fraction of sp³-hybridized carbons (Fsp3) is 0.538. The highest BCUT2D eigenvalue weighted by Crippen LogP contribution is 2.19. The van der Waals surface area contributed by atoms with Gasteiger partial charge >= 0.3 is 0 Å². The minimum Gasteiger partial charge on any atom is -0.493 e. The molecule has 0 unspecified atom stereocenters. The molecule has 1 rings (SSSR count). The van der Waals surface area contributed by atoms with E-state index in [1.54, 1.807) is 6.07 Å². The lowest BCUT2D eigenvalue weighted by molar-refractivity contribution is 0.130. The molecular weight excluding hydrogens is 221 g/mol. The van der Waals surface area contributed by atoms with Gasteiger partial charge in [-0.3, -0.25) is 0 Å². The van der Waals surface area contributed by atoms with Gasteiger partial charge in [0.1, 0.15) is 11.6 Å². The van der Waals surface area contributed by atoms with Crippen LogP contribution in [0.2, 0.25) is 0 Å². The quantitative estimate of drug-likeness (QED) is 0.709. The van der Waals surface area contributed by atoms with Crippen molar-refractivity contribution in [1.82, 2.24) is 5.32 Å². The van der Waals surface area contributed by atoms with E-state index in [4.69, 9.17) is 9.47 Å². The highest BCUT2D eigenvalue weighted by molar-refractivity contribution is 5.33. The number of rotatable bonds is 8. The van der Waals surface area contributed by atoms with Gasteiger partial charge in [-0.1, -0.05) is 0 Å². The van der Waals surface area contributed by atoms with Crippen LogP contribution in [0.5, 0.6) is 5.75 Å². The van der Waals surface area contributed by atoms with Crippen molar-refractivity contribution >= 4 is 0 Å². The minimum absolute atomic E-state index is 0.239. The highest BCUT2D eigenvalue weighted by atomic mass is 19.1. The fourth-order valence-corrected chi connectivity index (χ4v) is 1.50. The normalized spacial score (nSPS) is 10.5. The maximum absolute atomic E-state index is 13.1. The molecule has 3 nitrogen and oxygen atoms in total. The van der Waals surface area contributed by atoms with Gasteiger partial charge in [0.2, 0.25) is 0 Å². The van der Waals surface area contributed by atoms with Crippen molar-refractivity contribution in [3.8, 4) is 5.75 Å². The maximum Gasteiger partial charge on any atom is 0.123 e. The summed E-state index contributed by atoms with van der Waals surface area (Å²) < 4.78 is 23.9. The third kappa shape index (κ3) is 5.15. The molecule has 0 radical (unpaired) electrons. The van der Waals surface area contributed by atoms with Gasteiger partial charge in [-0.05, 0) is 32.2 Å². The lowest BCUT2D eigenvalue weighted by Crippen LogP contribution is -2.09. The molecule has 1 aromatic rings. The maximum atomic E-state index is 13.1. The van der Waals surface area contributed by atoms with Crippen molar-refractivity contribution in [2.45, 2.75) is 19.9 Å². The van der Waals surface area contributed by atoms with E-state index in [2.05, 4.69) is 5.32 Å². The van der Waals surface area contributed by atoms with E-state index in [0.29, 0.717) is 19.8 Å². The average molecular weight is 241 g/mol. The van der Waals surface area contributed by atoms with Crippen LogP contribution in [0, 0.1) is 5.82 Å². The Bertz CT molecular complexity index is 331. The van der Waals surface area contributed by atoms with E-state index >= 15 is 0 Å². The third-order valence-electron chi connectivity index (χ3n) is 2.28. The first kappa shape index (κ1) is 13.9. The molecule has 4 heteroatoms. The van der Waals surface area contributed by atoms with Crippen molar-refractivity contribution in [3.63, 3.8) is 0 Å². The summed E-state index contributed by atoms with van der Waals surface area (Å²) in [7, 11) is 1.82. The number of ether oxygens (including phenoxy) is 2. The van der Waals surface area contributed by atoms with Gasteiger partial charge in [-0.25, -0.2) is 4.39 Å². The zero-order valence-electron chi connectivity index (χ0n) is 10.5. The highest BCUT2D eigenvalue weighted by Gasteiger charge is 2.04. The van der Waals surface area contributed by atoms with Crippen molar-refractivity contribution in [3.05, 3.63) is 29.6 Å². The summed E-state index contributed by atoms with van der Waals surface area (Å²) >= 11 is 0. The van der Waals surface area contributed by atoms with Crippen LogP contribution in [-0.2, 0) is 11.3 Å². The van der Waals surface area contributed by atoms with E-state index in [1.807, 2.05) is 14.0 Å². The summed E-state index contributed by atoms with van der Waals surface area (Å²) in [5, 5.41) is 2.99. The first-order valence-corrected chi connectivity index (χ1v) is 5.91. The van der Waals surface area contributed by atoms with Gasteiger partial charge in [0.05, 0.1) is 6.61 Å². The second-order valence-electron chi connectivity index (χ2n) is 3.68. The Morgan fingerprint density at radius 1 is 1.29 bits per heavy atom. The molecule has 1 N–H and O–H groups in total. The summed E-state index contributed by atoms with van der Waals surface area (Å²) in [6.07, 6.45) is 0.838.